The Morgan fingerprint density at radius 3 is 2.81 bits per heavy atom. The molecule has 0 fully saturated rings. The van der Waals surface area contributed by atoms with E-state index in [1.54, 1.807) is 42.5 Å². The number of para-hydroxylation sites is 1. The van der Waals surface area contributed by atoms with Crippen LogP contribution in [0.15, 0.2) is 64.4 Å². The Morgan fingerprint density at radius 2 is 2.03 bits per heavy atom. The van der Waals surface area contributed by atoms with E-state index < -0.39 is 23.2 Å². The van der Waals surface area contributed by atoms with Gasteiger partial charge < -0.3 is 10.3 Å². The predicted octanol–water partition coefficient (Wildman–Crippen LogP) is 2.41. The van der Waals surface area contributed by atoms with Crippen LogP contribution in [0.25, 0.3) is 22.3 Å². The van der Waals surface area contributed by atoms with Crippen LogP contribution in [0.1, 0.15) is 12.5 Å². The Labute approximate surface area is 180 Å². The van der Waals surface area contributed by atoms with Crippen molar-refractivity contribution in [2.45, 2.75) is 12.5 Å². The van der Waals surface area contributed by atoms with E-state index in [9.17, 15) is 14.4 Å². The Kier molecular flexibility index (Phi) is 5.99. The molecule has 10 heteroatoms. The molecule has 0 saturated carbocycles. The summed E-state index contributed by atoms with van der Waals surface area (Å²) in [6.45, 7) is 0. The fourth-order valence-corrected chi connectivity index (χ4v) is 3.84. The van der Waals surface area contributed by atoms with Crippen LogP contribution in [0.2, 0.25) is 0 Å². The van der Waals surface area contributed by atoms with Crippen LogP contribution in [0.5, 0.6) is 0 Å². The van der Waals surface area contributed by atoms with Gasteiger partial charge in [-0.25, -0.2) is 14.3 Å². The highest BCUT2D eigenvalue weighted by molar-refractivity contribution is 7.98. The Balaban J connectivity index is 1.70. The lowest BCUT2D eigenvalue weighted by Crippen LogP contribution is -2.43. The monoisotopic (exact) mass is 436 g/mol. The van der Waals surface area contributed by atoms with Gasteiger partial charge in [0.2, 0.25) is 5.91 Å². The highest BCUT2D eigenvalue weighted by Crippen LogP contribution is 2.21. The molecule has 4 aromatic rings. The number of hydrogen-bond donors (Lipinski definition) is 3. The van der Waals surface area contributed by atoms with Crippen LogP contribution in [0.4, 0.5) is 5.69 Å². The van der Waals surface area contributed by atoms with Gasteiger partial charge in [0.25, 0.3) is 5.56 Å². The number of fused-ring (bicyclic) bond motifs is 1. The van der Waals surface area contributed by atoms with Crippen LogP contribution < -0.4 is 16.6 Å². The van der Waals surface area contributed by atoms with Crippen molar-refractivity contribution in [1.29, 1.82) is 0 Å². The zero-order chi connectivity index (χ0) is 21.8. The lowest BCUT2D eigenvalue weighted by atomic mass is 10.1. The summed E-state index contributed by atoms with van der Waals surface area (Å²) in [5.41, 5.74) is 0.615. The zero-order valence-corrected chi connectivity index (χ0v) is 17.5. The van der Waals surface area contributed by atoms with Gasteiger partial charge >= 0.3 is 5.69 Å². The van der Waals surface area contributed by atoms with E-state index in [2.05, 4.69) is 25.5 Å². The summed E-state index contributed by atoms with van der Waals surface area (Å²) in [5, 5.41) is 9.80. The van der Waals surface area contributed by atoms with E-state index in [0.717, 1.165) is 10.1 Å². The van der Waals surface area contributed by atoms with Crippen molar-refractivity contribution in [2.24, 2.45) is 0 Å². The largest absolute Gasteiger partial charge is 0.329 e. The third-order valence-electron chi connectivity index (χ3n) is 4.86. The fraction of sp³-hybridized carbons (Fsp3) is 0.190. The van der Waals surface area contributed by atoms with Gasteiger partial charge in [0, 0.05) is 11.3 Å². The molecule has 2 heterocycles. The number of anilines is 1. The van der Waals surface area contributed by atoms with E-state index in [-0.39, 0.29) is 0 Å². The minimum atomic E-state index is -0.956. The standard InChI is InChI=1S/C21H20N6O3S/c1-31-10-9-17(27-20(29)15-7-2-3-8-16(15)25-21(27)30)19(28)24-14-6-4-5-13(11-14)18-22-12-23-26-18/h2-8,11-12,17H,9-10H2,1H3,(H,24,28)(H,25,30)(H,22,23,26)/t17-/m0/s1. The maximum absolute atomic E-state index is 13.2. The number of H-pyrrole nitrogens is 2. The van der Waals surface area contributed by atoms with E-state index in [0.29, 0.717) is 34.6 Å². The van der Waals surface area contributed by atoms with Crippen LogP contribution in [-0.2, 0) is 4.79 Å². The second kappa shape index (κ2) is 9.00. The summed E-state index contributed by atoms with van der Waals surface area (Å²) in [5.74, 6) is 0.735. The molecule has 3 N–H and O–H groups in total. The predicted molar refractivity (Wildman–Crippen MR) is 121 cm³/mol. The Hall–Kier alpha value is -3.66. The fourth-order valence-electron chi connectivity index (χ4n) is 3.38. The number of hydrogen-bond acceptors (Lipinski definition) is 6. The van der Waals surface area contributed by atoms with Crippen LogP contribution in [0, 0.1) is 0 Å². The molecule has 2 aromatic carbocycles. The first-order chi connectivity index (χ1) is 15.1. The van der Waals surface area contributed by atoms with Crippen molar-refractivity contribution in [2.75, 3.05) is 17.3 Å². The molecule has 4 rings (SSSR count). The number of amides is 1. The summed E-state index contributed by atoms with van der Waals surface area (Å²) in [4.78, 5) is 45.8. The summed E-state index contributed by atoms with van der Waals surface area (Å²) in [6.07, 6.45) is 3.64. The quantitative estimate of drug-likeness (QED) is 0.408. The normalized spacial score (nSPS) is 12.0. The lowest BCUT2D eigenvalue weighted by Gasteiger charge is -2.19. The van der Waals surface area contributed by atoms with Gasteiger partial charge in [-0.15, -0.1) is 0 Å². The summed E-state index contributed by atoms with van der Waals surface area (Å²) < 4.78 is 1.01. The van der Waals surface area contributed by atoms with Crippen LogP contribution in [-0.4, -0.2) is 42.6 Å². The van der Waals surface area contributed by atoms with Crippen molar-refractivity contribution < 1.29 is 4.79 Å². The van der Waals surface area contributed by atoms with Gasteiger partial charge in [-0.05, 0) is 42.7 Å². The molecule has 0 spiro atoms. The summed E-state index contributed by atoms with van der Waals surface area (Å²) in [7, 11) is 0. The molecule has 31 heavy (non-hydrogen) atoms. The third kappa shape index (κ3) is 4.29. The molecule has 0 aliphatic heterocycles. The highest BCUT2D eigenvalue weighted by atomic mass is 32.2. The van der Waals surface area contributed by atoms with Crippen molar-refractivity contribution in [3.63, 3.8) is 0 Å². The molecule has 1 atom stereocenters. The second-order valence-electron chi connectivity index (χ2n) is 6.85. The number of carbonyl (C=O) groups is 1. The van der Waals surface area contributed by atoms with Crippen molar-refractivity contribution >= 4 is 34.3 Å². The number of nitrogens with one attached hydrogen (secondary N) is 3. The number of aromatic nitrogens is 5. The van der Waals surface area contributed by atoms with Crippen LogP contribution in [0.3, 0.4) is 0 Å². The van der Waals surface area contributed by atoms with E-state index >= 15 is 0 Å². The van der Waals surface area contributed by atoms with Gasteiger partial charge in [0.05, 0.1) is 10.9 Å². The first kappa shape index (κ1) is 20.6. The van der Waals surface area contributed by atoms with Gasteiger partial charge in [-0.1, -0.05) is 24.3 Å². The zero-order valence-electron chi connectivity index (χ0n) is 16.7. The Morgan fingerprint density at radius 1 is 1.19 bits per heavy atom. The molecular formula is C21H20N6O3S. The minimum absolute atomic E-state index is 0.329. The average molecular weight is 436 g/mol. The average Bonchev–Trinajstić information content (AvgIpc) is 3.31. The maximum atomic E-state index is 13.2. The molecule has 0 aliphatic carbocycles. The summed E-state index contributed by atoms with van der Waals surface area (Å²) >= 11 is 1.54. The van der Waals surface area contributed by atoms with Crippen molar-refractivity contribution in [1.82, 2.24) is 24.7 Å². The van der Waals surface area contributed by atoms with E-state index in [4.69, 9.17) is 0 Å². The molecule has 0 aliphatic rings. The summed E-state index contributed by atoms with van der Waals surface area (Å²) in [6, 6.07) is 12.9. The SMILES string of the molecule is CSCC[C@@H](C(=O)Nc1cccc(-c2ncn[nH]2)c1)n1c(=O)[nH]c2ccccc2c1=O. The molecule has 1 amide bonds. The Bertz CT molecular complexity index is 1330. The highest BCUT2D eigenvalue weighted by Gasteiger charge is 2.25. The number of carbonyl (C=O) groups excluding carboxylic acids is 1. The molecule has 0 bridgehead atoms. The smallest absolute Gasteiger partial charge is 0.324 e. The first-order valence-electron chi connectivity index (χ1n) is 9.57. The molecule has 9 nitrogen and oxygen atoms in total. The van der Waals surface area contributed by atoms with Crippen molar-refractivity contribution in [3.8, 4) is 11.4 Å². The number of aromatic amines is 2. The number of thioether (sulfide) groups is 1. The van der Waals surface area contributed by atoms with Crippen LogP contribution >= 0.6 is 11.8 Å². The van der Waals surface area contributed by atoms with Gasteiger partial charge in [-0.3, -0.25) is 14.7 Å². The number of rotatable bonds is 7. The van der Waals surface area contributed by atoms with Gasteiger partial charge in [0.1, 0.15) is 12.4 Å². The first-order valence-corrected chi connectivity index (χ1v) is 11.0. The number of nitrogens with zero attached hydrogens (tertiary/aromatic N) is 3. The van der Waals surface area contributed by atoms with Crippen molar-refractivity contribution in [3.05, 3.63) is 75.7 Å². The maximum Gasteiger partial charge on any atom is 0.329 e. The lowest BCUT2D eigenvalue weighted by molar-refractivity contribution is -0.119. The molecule has 0 unspecified atom stereocenters. The van der Waals surface area contributed by atoms with E-state index in [1.807, 2.05) is 12.3 Å². The topological polar surface area (TPSA) is 126 Å². The minimum Gasteiger partial charge on any atom is -0.324 e. The molecule has 0 saturated heterocycles. The number of benzene rings is 2. The van der Waals surface area contributed by atoms with Gasteiger partial charge in [-0.2, -0.15) is 16.9 Å². The molecule has 2 aromatic heterocycles. The molecule has 158 valence electrons. The molecule has 0 radical (unpaired) electrons. The van der Waals surface area contributed by atoms with Gasteiger partial charge in [0.15, 0.2) is 5.82 Å². The third-order valence-corrected chi connectivity index (χ3v) is 5.51. The molecular weight excluding hydrogens is 416 g/mol. The van der Waals surface area contributed by atoms with E-state index in [1.165, 1.54) is 18.1 Å². The second-order valence-corrected chi connectivity index (χ2v) is 7.84.